The van der Waals surface area contributed by atoms with E-state index in [0.29, 0.717) is 0 Å². The number of hydrogen-bond acceptors (Lipinski definition) is 0. The lowest BCUT2D eigenvalue weighted by Crippen LogP contribution is -1.86. The molecule has 0 unspecified atom stereocenters. The van der Waals surface area contributed by atoms with Crippen molar-refractivity contribution in [3.63, 3.8) is 0 Å². The summed E-state index contributed by atoms with van der Waals surface area (Å²) in [5.41, 5.74) is 1.21. The summed E-state index contributed by atoms with van der Waals surface area (Å²) in [7, 11) is 0. The topological polar surface area (TPSA) is 0 Å². The van der Waals surface area contributed by atoms with Crippen LogP contribution in [0.2, 0.25) is 0 Å². The monoisotopic (exact) mass is 250 g/mol. The maximum absolute atomic E-state index is 12.5. The van der Waals surface area contributed by atoms with Gasteiger partial charge in [0.05, 0.1) is 0 Å². The molecule has 0 aromatic heterocycles. The second-order valence-corrected chi connectivity index (χ2v) is 3.25. The van der Waals surface area contributed by atoms with Crippen molar-refractivity contribution < 1.29 is 4.39 Å². The Hall–Kier alpha value is -0.120. The van der Waals surface area contributed by atoms with E-state index in [0.717, 1.165) is 9.99 Å². The van der Waals surface area contributed by atoms with Crippen molar-refractivity contribution in [2.45, 2.75) is 13.3 Å². The summed E-state index contributed by atoms with van der Waals surface area (Å²) in [5, 5.41) is 0. The molecular weight excluding hydrogens is 242 g/mol. The third-order valence-corrected chi connectivity index (χ3v) is 2.40. The van der Waals surface area contributed by atoms with E-state index in [2.05, 4.69) is 29.5 Å². The van der Waals surface area contributed by atoms with Gasteiger partial charge < -0.3 is 0 Å². The summed E-state index contributed by atoms with van der Waals surface area (Å²) in [6.45, 7) is 2.06. The molecule has 0 N–H and O–H groups in total. The van der Waals surface area contributed by atoms with Crippen LogP contribution in [0.5, 0.6) is 0 Å². The van der Waals surface area contributed by atoms with E-state index in [1.165, 1.54) is 11.6 Å². The molecule has 0 aliphatic heterocycles. The Balaban J connectivity index is 3.07. The van der Waals surface area contributed by atoms with E-state index in [-0.39, 0.29) is 5.82 Å². The molecular formula is C8H8FI. The van der Waals surface area contributed by atoms with Crippen LogP contribution in [-0.2, 0) is 6.42 Å². The van der Waals surface area contributed by atoms with Crippen molar-refractivity contribution in [2.75, 3.05) is 0 Å². The molecule has 0 fully saturated rings. The summed E-state index contributed by atoms with van der Waals surface area (Å²) in [6, 6.07) is 4.89. The predicted molar refractivity (Wildman–Crippen MR) is 48.5 cm³/mol. The Labute approximate surface area is 73.6 Å². The fraction of sp³-hybridized carbons (Fsp3) is 0.250. The zero-order valence-corrected chi connectivity index (χ0v) is 7.85. The second kappa shape index (κ2) is 3.32. The van der Waals surface area contributed by atoms with Crippen molar-refractivity contribution in [3.8, 4) is 0 Å². The minimum Gasteiger partial charge on any atom is -0.207 e. The Morgan fingerprint density at radius 1 is 1.50 bits per heavy atom. The van der Waals surface area contributed by atoms with Gasteiger partial charge in [-0.15, -0.1) is 0 Å². The highest BCUT2D eigenvalue weighted by Gasteiger charge is 1.97. The van der Waals surface area contributed by atoms with Gasteiger partial charge >= 0.3 is 0 Å². The van der Waals surface area contributed by atoms with Gasteiger partial charge in [-0.05, 0) is 46.7 Å². The normalized spacial score (nSPS) is 9.90. The van der Waals surface area contributed by atoms with Crippen LogP contribution in [0.25, 0.3) is 0 Å². The molecule has 2 heteroatoms. The largest absolute Gasteiger partial charge is 0.207 e. The third-order valence-electron chi connectivity index (χ3n) is 1.40. The number of halogens is 2. The molecule has 0 amide bonds. The van der Waals surface area contributed by atoms with Crippen molar-refractivity contribution >= 4 is 22.6 Å². The molecule has 0 bridgehead atoms. The quantitative estimate of drug-likeness (QED) is 0.672. The molecule has 0 saturated heterocycles. The third kappa shape index (κ3) is 1.68. The molecule has 0 aliphatic carbocycles. The van der Waals surface area contributed by atoms with E-state index in [1.54, 1.807) is 6.07 Å². The summed E-state index contributed by atoms with van der Waals surface area (Å²) in [5.74, 6) is -0.151. The molecule has 1 rings (SSSR count). The highest BCUT2D eigenvalue weighted by molar-refractivity contribution is 14.1. The van der Waals surface area contributed by atoms with Crippen LogP contribution in [0.15, 0.2) is 18.2 Å². The standard InChI is InChI=1S/C8H8FI/c1-2-6-3-4-7(9)5-8(6)10/h3-5H,2H2,1H3. The smallest absolute Gasteiger partial charge is 0.124 e. The minimum absolute atomic E-state index is 0.151. The van der Waals surface area contributed by atoms with Crippen LogP contribution in [0, 0.1) is 9.39 Å². The Morgan fingerprint density at radius 3 is 2.70 bits per heavy atom. The van der Waals surface area contributed by atoms with E-state index in [4.69, 9.17) is 0 Å². The van der Waals surface area contributed by atoms with Crippen molar-refractivity contribution in [1.29, 1.82) is 0 Å². The first-order chi connectivity index (χ1) is 4.74. The van der Waals surface area contributed by atoms with Gasteiger partial charge in [-0.25, -0.2) is 4.39 Å². The maximum Gasteiger partial charge on any atom is 0.124 e. The van der Waals surface area contributed by atoms with Crippen LogP contribution >= 0.6 is 22.6 Å². The molecule has 0 radical (unpaired) electrons. The van der Waals surface area contributed by atoms with Gasteiger partial charge in [-0.2, -0.15) is 0 Å². The van der Waals surface area contributed by atoms with Gasteiger partial charge in [0.15, 0.2) is 0 Å². The molecule has 0 heterocycles. The lowest BCUT2D eigenvalue weighted by molar-refractivity contribution is 0.626. The Bertz CT molecular complexity index is 233. The SMILES string of the molecule is CCc1ccc(F)cc1I. The fourth-order valence-electron chi connectivity index (χ4n) is 0.808. The average molecular weight is 250 g/mol. The van der Waals surface area contributed by atoms with Gasteiger partial charge in [0.1, 0.15) is 5.82 Å². The summed E-state index contributed by atoms with van der Waals surface area (Å²) >= 11 is 2.15. The lowest BCUT2D eigenvalue weighted by Gasteiger charge is -1.98. The van der Waals surface area contributed by atoms with Gasteiger partial charge in [0.2, 0.25) is 0 Å². The van der Waals surface area contributed by atoms with Crippen LogP contribution in [0.1, 0.15) is 12.5 Å². The molecule has 1 aromatic carbocycles. The number of hydrogen-bond donors (Lipinski definition) is 0. The first-order valence-corrected chi connectivity index (χ1v) is 4.26. The van der Waals surface area contributed by atoms with E-state index < -0.39 is 0 Å². The predicted octanol–water partition coefficient (Wildman–Crippen LogP) is 2.99. The van der Waals surface area contributed by atoms with Gasteiger partial charge in [0, 0.05) is 3.57 Å². The van der Waals surface area contributed by atoms with Crippen molar-refractivity contribution in [3.05, 3.63) is 33.1 Å². The van der Waals surface area contributed by atoms with Crippen molar-refractivity contribution in [1.82, 2.24) is 0 Å². The first-order valence-electron chi connectivity index (χ1n) is 3.18. The first kappa shape index (κ1) is 7.98. The molecule has 0 spiro atoms. The van der Waals surface area contributed by atoms with Crippen molar-refractivity contribution in [2.24, 2.45) is 0 Å². The molecule has 0 aliphatic rings. The second-order valence-electron chi connectivity index (χ2n) is 2.09. The fourth-order valence-corrected chi connectivity index (χ4v) is 1.67. The molecule has 0 saturated carbocycles. The van der Waals surface area contributed by atoms with Gasteiger partial charge in [0.25, 0.3) is 0 Å². The van der Waals surface area contributed by atoms with Gasteiger partial charge in [-0.1, -0.05) is 13.0 Å². The molecule has 0 nitrogen and oxygen atoms in total. The molecule has 54 valence electrons. The Kier molecular flexibility index (Phi) is 2.65. The molecule has 1 aromatic rings. The van der Waals surface area contributed by atoms with Crippen LogP contribution < -0.4 is 0 Å². The summed E-state index contributed by atoms with van der Waals surface area (Å²) < 4.78 is 13.5. The maximum atomic E-state index is 12.5. The molecule has 0 atom stereocenters. The Morgan fingerprint density at radius 2 is 2.20 bits per heavy atom. The summed E-state index contributed by atoms with van der Waals surface area (Å²) in [6.07, 6.45) is 0.971. The van der Waals surface area contributed by atoms with Crippen LogP contribution in [0.4, 0.5) is 4.39 Å². The van der Waals surface area contributed by atoms with Gasteiger partial charge in [-0.3, -0.25) is 0 Å². The van der Waals surface area contributed by atoms with E-state index >= 15 is 0 Å². The molecule has 10 heavy (non-hydrogen) atoms. The minimum atomic E-state index is -0.151. The lowest BCUT2D eigenvalue weighted by atomic mass is 10.2. The van der Waals surface area contributed by atoms with Crippen LogP contribution in [-0.4, -0.2) is 0 Å². The van der Waals surface area contributed by atoms with E-state index in [9.17, 15) is 4.39 Å². The number of aryl methyl sites for hydroxylation is 1. The van der Waals surface area contributed by atoms with Crippen LogP contribution in [0.3, 0.4) is 0 Å². The number of benzene rings is 1. The average Bonchev–Trinajstić information content (AvgIpc) is 1.88. The summed E-state index contributed by atoms with van der Waals surface area (Å²) in [4.78, 5) is 0. The highest BCUT2D eigenvalue weighted by atomic mass is 127. The number of rotatable bonds is 1. The van der Waals surface area contributed by atoms with E-state index in [1.807, 2.05) is 6.07 Å². The zero-order chi connectivity index (χ0) is 7.56. The zero-order valence-electron chi connectivity index (χ0n) is 5.70. The highest BCUT2D eigenvalue weighted by Crippen LogP contribution is 2.13.